The molecule has 0 saturated heterocycles. The fourth-order valence-corrected chi connectivity index (χ4v) is 0.705. The van der Waals surface area contributed by atoms with E-state index >= 15 is 0 Å². The highest BCUT2D eigenvalue weighted by atomic mass is 15.5. The molecule has 1 aromatic heterocycles. The molecule has 0 aliphatic heterocycles. The summed E-state index contributed by atoms with van der Waals surface area (Å²) in [4.78, 5) is 1.59. The van der Waals surface area contributed by atoms with Crippen molar-refractivity contribution < 1.29 is 0 Å². The molecule has 0 radical (unpaired) electrons. The summed E-state index contributed by atoms with van der Waals surface area (Å²) in [5, 5.41) is 8.08. The molecule has 0 aliphatic rings. The standard InChI is InChI=1S/C7H9N3/c1-4-7-6(3)8-10(5-2)9-7/h1H,5H2,2-3H3. The zero-order valence-corrected chi connectivity index (χ0v) is 6.13. The minimum absolute atomic E-state index is 0.641. The van der Waals surface area contributed by atoms with E-state index in [4.69, 9.17) is 6.42 Å². The molecule has 0 amide bonds. The molecule has 1 heterocycles. The lowest BCUT2D eigenvalue weighted by atomic mass is 10.4. The Kier molecular flexibility index (Phi) is 1.72. The van der Waals surface area contributed by atoms with E-state index in [1.54, 1.807) is 4.80 Å². The van der Waals surface area contributed by atoms with Gasteiger partial charge in [-0.1, -0.05) is 0 Å². The van der Waals surface area contributed by atoms with Gasteiger partial charge in [0.2, 0.25) is 0 Å². The SMILES string of the molecule is C#Cc1nn(CC)nc1C. The first-order valence-corrected chi connectivity index (χ1v) is 3.16. The quantitative estimate of drug-likeness (QED) is 0.527. The van der Waals surface area contributed by atoms with Crippen LogP contribution in [0.5, 0.6) is 0 Å². The van der Waals surface area contributed by atoms with Crippen molar-refractivity contribution in [2.45, 2.75) is 20.4 Å². The van der Waals surface area contributed by atoms with E-state index in [0.29, 0.717) is 5.69 Å². The molecule has 3 heteroatoms. The maximum absolute atomic E-state index is 5.15. The third-order valence-electron chi connectivity index (χ3n) is 1.24. The van der Waals surface area contributed by atoms with Crippen LogP contribution in [-0.4, -0.2) is 15.0 Å². The summed E-state index contributed by atoms with van der Waals surface area (Å²) in [5.74, 6) is 2.46. The largest absolute Gasteiger partial charge is 0.184 e. The van der Waals surface area contributed by atoms with Crippen LogP contribution in [0, 0.1) is 19.3 Å². The Morgan fingerprint density at radius 2 is 2.30 bits per heavy atom. The molecule has 0 bridgehead atoms. The lowest BCUT2D eigenvalue weighted by Gasteiger charge is -1.86. The average molecular weight is 135 g/mol. The average Bonchev–Trinajstić information content (AvgIpc) is 2.30. The van der Waals surface area contributed by atoms with Gasteiger partial charge in [0, 0.05) is 0 Å². The molecule has 0 atom stereocenters. The molecule has 0 N–H and O–H groups in total. The van der Waals surface area contributed by atoms with E-state index in [2.05, 4.69) is 16.1 Å². The summed E-state index contributed by atoms with van der Waals surface area (Å²) in [6, 6.07) is 0. The Balaban J connectivity index is 3.07. The molecule has 0 unspecified atom stereocenters. The van der Waals surface area contributed by atoms with Crippen molar-refractivity contribution in [3.63, 3.8) is 0 Å². The second-order valence-corrected chi connectivity index (χ2v) is 1.97. The molecule has 1 aromatic rings. The van der Waals surface area contributed by atoms with Crippen molar-refractivity contribution in [3.05, 3.63) is 11.4 Å². The number of aryl methyl sites for hydroxylation is 2. The zero-order chi connectivity index (χ0) is 7.56. The second-order valence-electron chi connectivity index (χ2n) is 1.97. The predicted octanol–water partition coefficient (Wildman–Crippen LogP) is 0.588. The Morgan fingerprint density at radius 1 is 1.60 bits per heavy atom. The number of nitrogens with zero attached hydrogens (tertiary/aromatic N) is 3. The van der Waals surface area contributed by atoms with Gasteiger partial charge in [0.15, 0.2) is 5.69 Å². The Morgan fingerprint density at radius 3 is 2.60 bits per heavy atom. The van der Waals surface area contributed by atoms with Gasteiger partial charge in [-0.2, -0.15) is 9.90 Å². The van der Waals surface area contributed by atoms with Gasteiger partial charge >= 0.3 is 0 Å². The molecular weight excluding hydrogens is 126 g/mol. The molecule has 52 valence electrons. The molecule has 0 fully saturated rings. The second kappa shape index (κ2) is 2.53. The van der Waals surface area contributed by atoms with Crippen LogP contribution < -0.4 is 0 Å². The summed E-state index contributed by atoms with van der Waals surface area (Å²) in [6.07, 6.45) is 5.15. The molecular formula is C7H9N3. The van der Waals surface area contributed by atoms with Crippen LogP contribution >= 0.6 is 0 Å². The fourth-order valence-electron chi connectivity index (χ4n) is 0.705. The van der Waals surface area contributed by atoms with E-state index in [1.807, 2.05) is 13.8 Å². The van der Waals surface area contributed by atoms with Crippen molar-refractivity contribution >= 4 is 0 Å². The number of rotatable bonds is 1. The molecule has 0 aromatic carbocycles. The zero-order valence-electron chi connectivity index (χ0n) is 6.13. The fraction of sp³-hybridized carbons (Fsp3) is 0.429. The highest BCUT2D eigenvalue weighted by Crippen LogP contribution is 1.96. The van der Waals surface area contributed by atoms with Crippen molar-refractivity contribution in [3.8, 4) is 12.3 Å². The molecule has 0 saturated carbocycles. The van der Waals surface area contributed by atoms with Crippen LogP contribution in [0.15, 0.2) is 0 Å². The lowest BCUT2D eigenvalue weighted by Crippen LogP contribution is -1.98. The highest BCUT2D eigenvalue weighted by Gasteiger charge is 2.00. The van der Waals surface area contributed by atoms with Crippen LogP contribution in [0.4, 0.5) is 0 Å². The summed E-state index contributed by atoms with van der Waals surface area (Å²) in [5.41, 5.74) is 1.46. The molecule has 10 heavy (non-hydrogen) atoms. The topological polar surface area (TPSA) is 30.7 Å². The van der Waals surface area contributed by atoms with Gasteiger partial charge in [-0.25, -0.2) is 0 Å². The van der Waals surface area contributed by atoms with Gasteiger partial charge in [0.25, 0.3) is 0 Å². The Hall–Kier alpha value is -1.30. The predicted molar refractivity (Wildman–Crippen MR) is 38.4 cm³/mol. The monoisotopic (exact) mass is 135 g/mol. The van der Waals surface area contributed by atoms with E-state index in [1.165, 1.54) is 0 Å². The smallest absolute Gasteiger partial charge is 0.158 e. The Labute approximate surface area is 60.1 Å². The summed E-state index contributed by atoms with van der Waals surface area (Å²) in [7, 11) is 0. The van der Waals surface area contributed by atoms with Gasteiger partial charge in [0.1, 0.15) is 0 Å². The first-order chi connectivity index (χ1) is 4.77. The van der Waals surface area contributed by atoms with Crippen molar-refractivity contribution in [2.24, 2.45) is 0 Å². The maximum Gasteiger partial charge on any atom is 0.158 e. The summed E-state index contributed by atoms with van der Waals surface area (Å²) >= 11 is 0. The van der Waals surface area contributed by atoms with Crippen LogP contribution in [-0.2, 0) is 6.54 Å². The molecule has 1 rings (SSSR count). The highest BCUT2D eigenvalue weighted by molar-refractivity contribution is 5.26. The van der Waals surface area contributed by atoms with Gasteiger partial charge in [-0.3, -0.25) is 0 Å². The maximum atomic E-state index is 5.15. The van der Waals surface area contributed by atoms with Gasteiger partial charge < -0.3 is 0 Å². The van der Waals surface area contributed by atoms with Crippen molar-refractivity contribution in [1.82, 2.24) is 15.0 Å². The van der Waals surface area contributed by atoms with E-state index in [-0.39, 0.29) is 0 Å². The van der Waals surface area contributed by atoms with Crippen molar-refractivity contribution in [1.29, 1.82) is 0 Å². The van der Waals surface area contributed by atoms with E-state index in [9.17, 15) is 0 Å². The van der Waals surface area contributed by atoms with Crippen LogP contribution in [0.1, 0.15) is 18.3 Å². The molecule has 0 spiro atoms. The van der Waals surface area contributed by atoms with E-state index in [0.717, 1.165) is 12.2 Å². The lowest BCUT2D eigenvalue weighted by molar-refractivity contribution is 0.565. The number of terminal acetylenes is 1. The van der Waals surface area contributed by atoms with Gasteiger partial charge in [0.05, 0.1) is 12.2 Å². The first kappa shape index (κ1) is 6.81. The normalized spacial score (nSPS) is 9.30. The minimum atomic E-state index is 0.641. The summed E-state index contributed by atoms with van der Waals surface area (Å²) in [6.45, 7) is 4.59. The minimum Gasteiger partial charge on any atom is -0.184 e. The third kappa shape index (κ3) is 1.01. The van der Waals surface area contributed by atoms with Crippen LogP contribution in [0.25, 0.3) is 0 Å². The number of hydrogen-bond donors (Lipinski definition) is 0. The van der Waals surface area contributed by atoms with Gasteiger partial charge in [-0.05, 0) is 19.8 Å². The van der Waals surface area contributed by atoms with Crippen LogP contribution in [0.3, 0.4) is 0 Å². The van der Waals surface area contributed by atoms with Gasteiger partial charge in [-0.15, -0.1) is 11.5 Å². The first-order valence-electron chi connectivity index (χ1n) is 3.16. The molecule has 3 nitrogen and oxygen atoms in total. The number of hydrogen-bond acceptors (Lipinski definition) is 2. The third-order valence-corrected chi connectivity index (χ3v) is 1.24. The number of aromatic nitrogens is 3. The van der Waals surface area contributed by atoms with Crippen LogP contribution in [0.2, 0.25) is 0 Å². The molecule has 0 aliphatic carbocycles. The summed E-state index contributed by atoms with van der Waals surface area (Å²) < 4.78 is 0. The van der Waals surface area contributed by atoms with Crippen molar-refractivity contribution in [2.75, 3.05) is 0 Å². The van der Waals surface area contributed by atoms with E-state index < -0.39 is 0 Å². The Bertz CT molecular complexity index is 267.